The lowest BCUT2D eigenvalue weighted by Crippen LogP contribution is -2.57. The van der Waals surface area contributed by atoms with Gasteiger partial charge in [-0.2, -0.15) is 0 Å². The van der Waals surface area contributed by atoms with Gasteiger partial charge in [-0.3, -0.25) is 19.7 Å². The summed E-state index contributed by atoms with van der Waals surface area (Å²) in [5.74, 6) is -0.0252. The lowest BCUT2D eigenvalue weighted by molar-refractivity contribution is -0.141. The molecule has 0 saturated heterocycles. The van der Waals surface area contributed by atoms with E-state index in [2.05, 4.69) is 10.6 Å². The highest BCUT2D eigenvalue weighted by molar-refractivity contribution is 6.38. The van der Waals surface area contributed by atoms with E-state index in [1.807, 2.05) is 6.92 Å². The molecule has 1 aromatic rings. The Morgan fingerprint density at radius 2 is 1.56 bits per heavy atom. The van der Waals surface area contributed by atoms with Gasteiger partial charge in [0.05, 0.1) is 5.56 Å². The molecule has 144 valence electrons. The molecule has 0 radical (unpaired) electrons. The predicted molar refractivity (Wildman–Crippen MR) is 102 cm³/mol. The van der Waals surface area contributed by atoms with Gasteiger partial charge in [0, 0.05) is 11.7 Å². The molecule has 0 aliphatic heterocycles. The molecule has 1 unspecified atom stereocenters. The van der Waals surface area contributed by atoms with Crippen molar-refractivity contribution in [3.05, 3.63) is 29.8 Å². The molecule has 4 N–H and O–H groups in total. The maximum absolute atomic E-state index is 12.4. The van der Waals surface area contributed by atoms with E-state index in [1.165, 1.54) is 25.3 Å². The second-order valence-electron chi connectivity index (χ2n) is 8.85. The Balaban J connectivity index is 1.38. The molecule has 0 aromatic heterocycles. The second kappa shape index (κ2) is 6.66. The van der Waals surface area contributed by atoms with Crippen molar-refractivity contribution in [3.63, 3.8) is 0 Å². The van der Waals surface area contributed by atoms with E-state index >= 15 is 0 Å². The zero-order valence-corrected chi connectivity index (χ0v) is 15.7. The first-order valence-corrected chi connectivity index (χ1v) is 9.87. The molecule has 4 fully saturated rings. The number of para-hydroxylation sites is 1. The SMILES string of the molecule is CC(NC(=O)C(=O)NC(=O)c1ccccc1N)C12CC3CC(CC(C3)C1)C2. The Labute approximate surface area is 159 Å². The summed E-state index contributed by atoms with van der Waals surface area (Å²) in [7, 11) is 0. The van der Waals surface area contributed by atoms with E-state index in [1.54, 1.807) is 18.2 Å². The van der Waals surface area contributed by atoms with Crippen molar-refractivity contribution in [2.24, 2.45) is 23.2 Å². The number of benzene rings is 1. The summed E-state index contributed by atoms with van der Waals surface area (Å²) < 4.78 is 0. The van der Waals surface area contributed by atoms with Crippen LogP contribution in [0.5, 0.6) is 0 Å². The molecule has 1 aromatic carbocycles. The smallest absolute Gasteiger partial charge is 0.316 e. The van der Waals surface area contributed by atoms with E-state index in [4.69, 9.17) is 5.73 Å². The number of amides is 3. The minimum atomic E-state index is -0.931. The highest BCUT2D eigenvalue weighted by Gasteiger charge is 2.53. The van der Waals surface area contributed by atoms with Crippen LogP contribution in [0.25, 0.3) is 0 Å². The summed E-state index contributed by atoms with van der Waals surface area (Å²) in [6, 6.07) is 6.39. The van der Waals surface area contributed by atoms with Gasteiger partial charge in [-0.05, 0) is 80.8 Å². The van der Waals surface area contributed by atoms with Crippen molar-refractivity contribution in [1.82, 2.24) is 10.6 Å². The van der Waals surface area contributed by atoms with E-state index in [0.29, 0.717) is 0 Å². The number of rotatable bonds is 3. The number of nitrogen functional groups attached to an aromatic ring is 1. The van der Waals surface area contributed by atoms with Gasteiger partial charge in [-0.25, -0.2) is 0 Å². The van der Waals surface area contributed by atoms with Crippen LogP contribution in [-0.2, 0) is 9.59 Å². The molecule has 0 heterocycles. The van der Waals surface area contributed by atoms with E-state index < -0.39 is 17.7 Å². The minimum Gasteiger partial charge on any atom is -0.398 e. The molecule has 0 spiro atoms. The predicted octanol–water partition coefficient (Wildman–Crippen LogP) is 2.25. The Bertz CT molecular complexity index is 753. The number of imide groups is 1. The minimum absolute atomic E-state index is 0.0685. The summed E-state index contributed by atoms with van der Waals surface area (Å²) in [4.78, 5) is 36.8. The van der Waals surface area contributed by atoms with Gasteiger partial charge in [0.25, 0.3) is 5.91 Å². The van der Waals surface area contributed by atoms with Crippen LogP contribution in [-0.4, -0.2) is 23.8 Å². The van der Waals surface area contributed by atoms with Crippen LogP contribution < -0.4 is 16.4 Å². The molecular formula is C21H27N3O3. The van der Waals surface area contributed by atoms with Gasteiger partial charge in [-0.15, -0.1) is 0 Å². The van der Waals surface area contributed by atoms with Crippen LogP contribution in [0.2, 0.25) is 0 Å². The fraction of sp³-hybridized carbons (Fsp3) is 0.571. The number of carbonyl (C=O) groups is 3. The Hall–Kier alpha value is -2.37. The van der Waals surface area contributed by atoms with Crippen molar-refractivity contribution in [1.29, 1.82) is 0 Å². The standard InChI is InChI=1S/C21H27N3O3/c1-12(21-9-13-6-14(10-21)8-15(7-13)11-21)23-19(26)20(27)24-18(25)16-4-2-3-5-17(16)22/h2-5,12-15H,6-11,22H2,1H3,(H,23,26)(H,24,25,27). The van der Waals surface area contributed by atoms with Crippen molar-refractivity contribution in [2.75, 3.05) is 5.73 Å². The first-order valence-electron chi connectivity index (χ1n) is 9.87. The molecule has 4 bridgehead atoms. The van der Waals surface area contributed by atoms with E-state index in [0.717, 1.165) is 37.0 Å². The van der Waals surface area contributed by atoms with Gasteiger partial charge in [0.1, 0.15) is 0 Å². The molecule has 3 amide bonds. The van der Waals surface area contributed by atoms with Crippen LogP contribution in [0.15, 0.2) is 24.3 Å². The number of hydrogen-bond donors (Lipinski definition) is 3. The number of hydrogen-bond acceptors (Lipinski definition) is 4. The maximum Gasteiger partial charge on any atom is 0.316 e. The summed E-state index contributed by atoms with van der Waals surface area (Å²) in [5, 5.41) is 5.02. The maximum atomic E-state index is 12.4. The Morgan fingerprint density at radius 1 is 1.00 bits per heavy atom. The number of anilines is 1. The van der Waals surface area contributed by atoms with Gasteiger partial charge >= 0.3 is 11.8 Å². The third-order valence-corrected chi connectivity index (χ3v) is 6.99. The molecule has 4 aliphatic carbocycles. The quantitative estimate of drug-likeness (QED) is 0.562. The summed E-state index contributed by atoms with van der Waals surface area (Å²) in [5.41, 5.74) is 6.32. The second-order valence-corrected chi connectivity index (χ2v) is 8.85. The zero-order valence-electron chi connectivity index (χ0n) is 15.7. The van der Waals surface area contributed by atoms with Crippen molar-refractivity contribution < 1.29 is 14.4 Å². The van der Waals surface area contributed by atoms with Crippen LogP contribution >= 0.6 is 0 Å². The zero-order chi connectivity index (χ0) is 19.2. The lowest BCUT2D eigenvalue weighted by Gasteiger charge is -2.59. The molecule has 5 rings (SSSR count). The van der Waals surface area contributed by atoms with E-state index in [-0.39, 0.29) is 22.7 Å². The van der Waals surface area contributed by atoms with Crippen molar-refractivity contribution in [2.45, 2.75) is 51.5 Å². The highest BCUT2D eigenvalue weighted by atomic mass is 16.2. The molecular weight excluding hydrogens is 342 g/mol. The summed E-state index contributed by atoms with van der Waals surface area (Å²) >= 11 is 0. The van der Waals surface area contributed by atoms with Crippen molar-refractivity contribution in [3.8, 4) is 0 Å². The fourth-order valence-corrected chi connectivity index (χ4v) is 6.05. The number of nitrogens with two attached hydrogens (primary N) is 1. The van der Waals surface area contributed by atoms with Crippen LogP contribution in [0.4, 0.5) is 5.69 Å². The summed E-state index contributed by atoms with van der Waals surface area (Å²) in [6.45, 7) is 2.01. The monoisotopic (exact) mass is 369 g/mol. The number of carbonyl (C=O) groups excluding carboxylic acids is 3. The van der Waals surface area contributed by atoms with Crippen LogP contribution in [0, 0.1) is 23.2 Å². The third-order valence-electron chi connectivity index (χ3n) is 6.99. The van der Waals surface area contributed by atoms with Crippen LogP contribution in [0.3, 0.4) is 0 Å². The largest absolute Gasteiger partial charge is 0.398 e. The normalized spacial score (nSPS) is 32.0. The molecule has 1 atom stereocenters. The van der Waals surface area contributed by atoms with Gasteiger partial charge in [0.2, 0.25) is 0 Å². The highest BCUT2D eigenvalue weighted by Crippen LogP contribution is 2.61. The lowest BCUT2D eigenvalue weighted by atomic mass is 9.48. The first kappa shape index (κ1) is 18.0. The average molecular weight is 369 g/mol. The van der Waals surface area contributed by atoms with Gasteiger partial charge in [-0.1, -0.05) is 12.1 Å². The fourth-order valence-electron chi connectivity index (χ4n) is 6.05. The molecule has 27 heavy (non-hydrogen) atoms. The van der Waals surface area contributed by atoms with Crippen molar-refractivity contribution >= 4 is 23.4 Å². The first-order chi connectivity index (χ1) is 12.9. The molecule has 6 nitrogen and oxygen atoms in total. The third kappa shape index (κ3) is 3.33. The van der Waals surface area contributed by atoms with E-state index in [9.17, 15) is 14.4 Å². The Morgan fingerprint density at radius 3 is 2.11 bits per heavy atom. The topological polar surface area (TPSA) is 101 Å². The number of nitrogens with one attached hydrogen (secondary N) is 2. The summed E-state index contributed by atoms with van der Waals surface area (Å²) in [6.07, 6.45) is 7.40. The van der Waals surface area contributed by atoms with Crippen LogP contribution in [0.1, 0.15) is 55.8 Å². The molecule has 4 saturated carbocycles. The van der Waals surface area contributed by atoms with Gasteiger partial charge in [0.15, 0.2) is 0 Å². The molecule has 6 heteroatoms. The van der Waals surface area contributed by atoms with Gasteiger partial charge < -0.3 is 11.1 Å². The molecule has 4 aliphatic rings. The average Bonchev–Trinajstić information content (AvgIpc) is 2.60. The Kier molecular flexibility index (Phi) is 4.44.